The Morgan fingerprint density at radius 3 is 2.55 bits per heavy atom. The van der Waals surface area contributed by atoms with Crippen LogP contribution in [0.25, 0.3) is 10.9 Å². The Bertz CT molecular complexity index is 1110. The number of amides is 2. The van der Waals surface area contributed by atoms with Gasteiger partial charge in [0, 0.05) is 6.04 Å². The number of fused-ring (bicyclic) bond motifs is 1. The van der Waals surface area contributed by atoms with Gasteiger partial charge >= 0.3 is 0 Å². The number of anilines is 1. The minimum absolute atomic E-state index is 0.0175. The monoisotopic (exact) mass is 393 g/mol. The zero-order valence-electron chi connectivity index (χ0n) is 16.3. The number of carbonyl (C=O) groups is 2. The Hall–Kier alpha value is -3.52. The molecule has 150 valence electrons. The van der Waals surface area contributed by atoms with Crippen molar-refractivity contribution in [3.05, 3.63) is 70.3 Å². The predicted octanol–water partition coefficient (Wildman–Crippen LogP) is 1.87. The van der Waals surface area contributed by atoms with Crippen LogP contribution in [-0.4, -0.2) is 39.3 Å². The summed E-state index contributed by atoms with van der Waals surface area (Å²) in [5, 5.41) is 3.25. The van der Waals surface area contributed by atoms with Gasteiger partial charge in [-0.1, -0.05) is 24.3 Å². The molecule has 3 aromatic rings. The summed E-state index contributed by atoms with van der Waals surface area (Å²) >= 11 is 0. The van der Waals surface area contributed by atoms with E-state index in [2.05, 4.69) is 15.3 Å². The molecule has 0 spiro atoms. The molecule has 29 heavy (non-hydrogen) atoms. The Morgan fingerprint density at radius 1 is 1.14 bits per heavy atom. The lowest BCUT2D eigenvalue weighted by atomic mass is 10.1. The second-order valence-electron chi connectivity index (χ2n) is 6.99. The summed E-state index contributed by atoms with van der Waals surface area (Å²) in [6, 6.07) is 13.7. The maximum atomic E-state index is 12.6. The Morgan fingerprint density at radius 2 is 1.83 bits per heavy atom. The van der Waals surface area contributed by atoms with E-state index < -0.39 is 5.91 Å². The van der Waals surface area contributed by atoms with Crippen molar-refractivity contribution in [3.63, 3.8) is 0 Å². The van der Waals surface area contributed by atoms with E-state index >= 15 is 0 Å². The number of nitrogens with two attached hydrogens (primary N) is 1. The number of benzene rings is 2. The molecule has 0 aliphatic rings. The van der Waals surface area contributed by atoms with E-state index in [1.807, 2.05) is 24.8 Å². The molecule has 0 saturated carbocycles. The van der Waals surface area contributed by atoms with Gasteiger partial charge in [-0.2, -0.15) is 0 Å². The van der Waals surface area contributed by atoms with Crippen molar-refractivity contribution in [2.75, 3.05) is 11.9 Å². The van der Waals surface area contributed by atoms with E-state index in [1.54, 1.807) is 42.5 Å². The van der Waals surface area contributed by atoms with Crippen molar-refractivity contribution in [1.29, 1.82) is 0 Å². The van der Waals surface area contributed by atoms with Gasteiger partial charge in [0.15, 0.2) is 0 Å². The molecule has 1 heterocycles. The zero-order chi connectivity index (χ0) is 21.0. The number of carbonyl (C=O) groups excluding carboxylic acids is 2. The van der Waals surface area contributed by atoms with Crippen molar-refractivity contribution >= 4 is 28.4 Å². The van der Waals surface area contributed by atoms with E-state index in [9.17, 15) is 14.4 Å². The van der Waals surface area contributed by atoms with Crippen LogP contribution in [0.2, 0.25) is 0 Å². The number of aromatic amines is 1. The topological polar surface area (TPSA) is 121 Å². The van der Waals surface area contributed by atoms with Gasteiger partial charge in [-0.05, 0) is 38.1 Å². The average Bonchev–Trinajstić information content (AvgIpc) is 2.67. The SMILES string of the molecule is CC(C)N(CC(=O)Nc1ccccc1C(N)=O)Cc1nc2ccccc2c(=O)[nH]1. The summed E-state index contributed by atoms with van der Waals surface area (Å²) in [5.41, 5.74) is 6.37. The minimum Gasteiger partial charge on any atom is -0.366 e. The Balaban J connectivity index is 1.76. The first-order chi connectivity index (χ1) is 13.8. The lowest BCUT2D eigenvalue weighted by Gasteiger charge is -2.25. The number of hydrogen-bond donors (Lipinski definition) is 3. The highest BCUT2D eigenvalue weighted by Crippen LogP contribution is 2.15. The second-order valence-corrected chi connectivity index (χ2v) is 6.99. The van der Waals surface area contributed by atoms with Gasteiger partial charge in [0.2, 0.25) is 5.91 Å². The van der Waals surface area contributed by atoms with Crippen molar-refractivity contribution < 1.29 is 9.59 Å². The van der Waals surface area contributed by atoms with Crippen molar-refractivity contribution in [1.82, 2.24) is 14.9 Å². The first-order valence-electron chi connectivity index (χ1n) is 9.26. The largest absolute Gasteiger partial charge is 0.366 e. The number of primary amides is 1. The standard InChI is InChI=1S/C21H23N5O3/c1-13(2)26(11-18-23-17-10-6-4-8-15(17)21(29)25-18)12-19(27)24-16-9-5-3-7-14(16)20(22)28/h3-10,13H,11-12H2,1-2H3,(H2,22,28)(H,24,27)(H,23,25,29). The van der Waals surface area contributed by atoms with E-state index in [0.29, 0.717) is 29.0 Å². The lowest BCUT2D eigenvalue weighted by molar-refractivity contribution is -0.117. The molecule has 0 fully saturated rings. The number of nitrogens with one attached hydrogen (secondary N) is 2. The quantitative estimate of drug-likeness (QED) is 0.566. The molecule has 0 aliphatic heterocycles. The van der Waals surface area contributed by atoms with Crippen molar-refractivity contribution in [3.8, 4) is 0 Å². The summed E-state index contributed by atoms with van der Waals surface area (Å²) in [4.78, 5) is 45.5. The second kappa shape index (κ2) is 8.66. The lowest BCUT2D eigenvalue weighted by Crippen LogP contribution is -2.38. The van der Waals surface area contributed by atoms with Crippen LogP contribution in [0.5, 0.6) is 0 Å². The van der Waals surface area contributed by atoms with Crippen molar-refractivity contribution in [2.45, 2.75) is 26.4 Å². The van der Waals surface area contributed by atoms with Gasteiger partial charge in [-0.3, -0.25) is 19.3 Å². The molecule has 2 amide bonds. The fourth-order valence-electron chi connectivity index (χ4n) is 3.00. The van der Waals surface area contributed by atoms with E-state index in [1.165, 1.54) is 0 Å². The third-order valence-corrected chi connectivity index (χ3v) is 4.56. The normalized spacial score (nSPS) is 11.2. The molecule has 0 radical (unpaired) electrons. The van der Waals surface area contributed by atoms with Crippen LogP contribution < -0.4 is 16.6 Å². The third-order valence-electron chi connectivity index (χ3n) is 4.56. The highest BCUT2D eigenvalue weighted by Gasteiger charge is 2.18. The van der Waals surface area contributed by atoms with Gasteiger partial charge in [0.25, 0.3) is 11.5 Å². The van der Waals surface area contributed by atoms with Crippen LogP contribution in [0.4, 0.5) is 5.69 Å². The van der Waals surface area contributed by atoms with Crippen LogP contribution in [0.15, 0.2) is 53.3 Å². The van der Waals surface area contributed by atoms with Crippen LogP contribution in [0.1, 0.15) is 30.0 Å². The number of H-pyrrole nitrogens is 1. The smallest absolute Gasteiger partial charge is 0.258 e. The molecule has 0 saturated heterocycles. The van der Waals surface area contributed by atoms with Crippen LogP contribution in [-0.2, 0) is 11.3 Å². The fraction of sp³-hybridized carbons (Fsp3) is 0.238. The van der Waals surface area contributed by atoms with Crippen LogP contribution in [0, 0.1) is 0 Å². The highest BCUT2D eigenvalue weighted by molar-refractivity contribution is 6.03. The molecule has 0 bridgehead atoms. The molecule has 8 heteroatoms. The van der Waals surface area contributed by atoms with E-state index in [0.717, 1.165) is 0 Å². The van der Waals surface area contributed by atoms with Gasteiger partial charge in [0.05, 0.1) is 35.2 Å². The summed E-state index contributed by atoms with van der Waals surface area (Å²) in [6.45, 7) is 4.25. The van der Waals surface area contributed by atoms with E-state index in [4.69, 9.17) is 5.73 Å². The first kappa shape index (κ1) is 20.2. The van der Waals surface area contributed by atoms with Crippen LogP contribution in [0.3, 0.4) is 0 Å². The predicted molar refractivity (Wildman–Crippen MR) is 111 cm³/mol. The summed E-state index contributed by atoms with van der Waals surface area (Å²) in [7, 11) is 0. The molecule has 8 nitrogen and oxygen atoms in total. The number of para-hydroxylation sites is 2. The number of hydrogen-bond acceptors (Lipinski definition) is 5. The minimum atomic E-state index is -0.612. The number of rotatable bonds is 7. The fourth-order valence-corrected chi connectivity index (χ4v) is 3.00. The maximum absolute atomic E-state index is 12.6. The number of nitrogens with zero attached hydrogens (tertiary/aromatic N) is 2. The molecule has 3 rings (SSSR count). The molecule has 0 unspecified atom stereocenters. The van der Waals surface area contributed by atoms with Crippen molar-refractivity contribution in [2.24, 2.45) is 5.73 Å². The summed E-state index contributed by atoms with van der Waals surface area (Å²) in [5.74, 6) is -0.428. The van der Waals surface area contributed by atoms with Crippen LogP contribution >= 0.6 is 0 Å². The molecule has 0 atom stereocenters. The molecule has 4 N–H and O–H groups in total. The maximum Gasteiger partial charge on any atom is 0.258 e. The Kier molecular flexibility index (Phi) is 6.04. The number of aromatic nitrogens is 2. The van der Waals surface area contributed by atoms with Gasteiger partial charge in [-0.15, -0.1) is 0 Å². The van der Waals surface area contributed by atoms with E-state index in [-0.39, 0.29) is 29.6 Å². The highest BCUT2D eigenvalue weighted by atomic mass is 16.2. The molecule has 1 aromatic heterocycles. The molecule has 2 aromatic carbocycles. The summed E-state index contributed by atoms with van der Waals surface area (Å²) < 4.78 is 0. The third kappa shape index (κ3) is 4.85. The molecule has 0 aliphatic carbocycles. The summed E-state index contributed by atoms with van der Waals surface area (Å²) in [6.07, 6.45) is 0. The van der Waals surface area contributed by atoms with Gasteiger partial charge < -0.3 is 16.0 Å². The van der Waals surface area contributed by atoms with Gasteiger partial charge in [0.1, 0.15) is 5.82 Å². The molecular formula is C21H23N5O3. The average molecular weight is 393 g/mol. The Labute approximate surface area is 167 Å². The van der Waals surface area contributed by atoms with Gasteiger partial charge in [-0.25, -0.2) is 4.98 Å². The first-order valence-corrected chi connectivity index (χ1v) is 9.26. The zero-order valence-corrected chi connectivity index (χ0v) is 16.3. The molecular weight excluding hydrogens is 370 g/mol.